The van der Waals surface area contributed by atoms with E-state index in [4.69, 9.17) is 23.2 Å². The van der Waals surface area contributed by atoms with Gasteiger partial charge in [0.1, 0.15) is 12.7 Å². The third-order valence-electron chi connectivity index (χ3n) is 1.95. The standard InChI is InChI=1S/C10H8Cl2N4/c11-8-2-1-7(9(12)3-8)4-14-10-15-5-13-6-16-10/h1-3,5-6H,4H2,(H,13,14,15,16). The van der Waals surface area contributed by atoms with Crippen molar-refractivity contribution in [3.8, 4) is 0 Å². The fourth-order valence-corrected chi connectivity index (χ4v) is 1.65. The first-order valence-electron chi connectivity index (χ1n) is 4.55. The van der Waals surface area contributed by atoms with Crippen LogP contribution in [0.25, 0.3) is 0 Å². The van der Waals surface area contributed by atoms with Gasteiger partial charge < -0.3 is 5.32 Å². The first-order valence-corrected chi connectivity index (χ1v) is 5.31. The van der Waals surface area contributed by atoms with Crippen molar-refractivity contribution in [2.24, 2.45) is 0 Å². The van der Waals surface area contributed by atoms with Crippen LogP contribution in [0.5, 0.6) is 0 Å². The van der Waals surface area contributed by atoms with Gasteiger partial charge in [0.25, 0.3) is 0 Å². The van der Waals surface area contributed by atoms with Crippen molar-refractivity contribution < 1.29 is 0 Å². The lowest BCUT2D eigenvalue weighted by Crippen LogP contribution is -2.03. The Labute approximate surface area is 103 Å². The number of anilines is 1. The lowest BCUT2D eigenvalue weighted by atomic mass is 10.2. The second kappa shape index (κ2) is 5.09. The van der Waals surface area contributed by atoms with Crippen molar-refractivity contribution in [3.63, 3.8) is 0 Å². The summed E-state index contributed by atoms with van der Waals surface area (Å²) in [6, 6.07) is 5.35. The number of benzene rings is 1. The van der Waals surface area contributed by atoms with Crippen LogP contribution >= 0.6 is 23.2 Å². The molecular formula is C10H8Cl2N4. The molecule has 0 aliphatic carbocycles. The Morgan fingerprint density at radius 3 is 2.56 bits per heavy atom. The lowest BCUT2D eigenvalue weighted by Gasteiger charge is -2.06. The number of nitrogens with one attached hydrogen (secondary N) is 1. The monoisotopic (exact) mass is 254 g/mol. The summed E-state index contributed by atoms with van der Waals surface area (Å²) in [4.78, 5) is 11.6. The van der Waals surface area contributed by atoms with Crippen molar-refractivity contribution in [1.29, 1.82) is 0 Å². The van der Waals surface area contributed by atoms with Crippen LogP contribution in [0.4, 0.5) is 5.95 Å². The maximum absolute atomic E-state index is 6.02. The molecule has 2 rings (SSSR count). The quantitative estimate of drug-likeness (QED) is 0.916. The van der Waals surface area contributed by atoms with E-state index in [-0.39, 0.29) is 0 Å². The van der Waals surface area contributed by atoms with E-state index in [9.17, 15) is 0 Å². The van der Waals surface area contributed by atoms with Gasteiger partial charge in [0.05, 0.1) is 0 Å². The van der Waals surface area contributed by atoms with Crippen LogP contribution in [0.15, 0.2) is 30.9 Å². The van der Waals surface area contributed by atoms with E-state index in [1.165, 1.54) is 12.7 Å². The van der Waals surface area contributed by atoms with Crippen molar-refractivity contribution in [3.05, 3.63) is 46.5 Å². The van der Waals surface area contributed by atoms with E-state index in [1.807, 2.05) is 6.07 Å². The highest BCUT2D eigenvalue weighted by molar-refractivity contribution is 6.35. The Balaban J connectivity index is 2.05. The summed E-state index contributed by atoms with van der Waals surface area (Å²) in [7, 11) is 0. The minimum Gasteiger partial charge on any atom is -0.350 e. The Morgan fingerprint density at radius 1 is 1.12 bits per heavy atom. The third-order valence-corrected chi connectivity index (χ3v) is 2.53. The van der Waals surface area contributed by atoms with Crippen LogP contribution in [0.1, 0.15) is 5.56 Å². The molecule has 0 spiro atoms. The Bertz CT molecular complexity index is 476. The van der Waals surface area contributed by atoms with E-state index >= 15 is 0 Å². The highest BCUT2D eigenvalue weighted by Crippen LogP contribution is 2.21. The lowest BCUT2D eigenvalue weighted by molar-refractivity contribution is 1.00. The molecule has 0 aliphatic heterocycles. The first kappa shape index (κ1) is 11.1. The van der Waals surface area contributed by atoms with Crippen LogP contribution in [0.2, 0.25) is 10.0 Å². The van der Waals surface area contributed by atoms with Gasteiger partial charge in [-0.05, 0) is 17.7 Å². The van der Waals surface area contributed by atoms with Gasteiger partial charge in [-0.25, -0.2) is 15.0 Å². The molecule has 0 fully saturated rings. The van der Waals surface area contributed by atoms with Crippen molar-refractivity contribution >= 4 is 29.2 Å². The smallest absolute Gasteiger partial charge is 0.225 e. The van der Waals surface area contributed by atoms with E-state index in [0.29, 0.717) is 22.5 Å². The predicted octanol–water partition coefficient (Wildman–Crippen LogP) is 2.79. The minimum absolute atomic E-state index is 0.515. The molecule has 1 aromatic heterocycles. The van der Waals surface area contributed by atoms with E-state index in [0.717, 1.165) is 5.56 Å². The molecule has 1 aromatic carbocycles. The SMILES string of the molecule is Clc1ccc(CNc2ncncn2)c(Cl)c1. The summed E-state index contributed by atoms with van der Waals surface area (Å²) >= 11 is 11.8. The molecule has 0 radical (unpaired) electrons. The maximum Gasteiger partial charge on any atom is 0.225 e. The molecule has 2 aromatic rings. The first-order chi connectivity index (χ1) is 7.75. The molecule has 4 nitrogen and oxygen atoms in total. The summed E-state index contributed by atoms with van der Waals surface area (Å²) < 4.78 is 0. The van der Waals surface area contributed by atoms with Gasteiger partial charge in [-0.2, -0.15) is 0 Å². The topological polar surface area (TPSA) is 50.7 Å². The molecule has 1 heterocycles. The fraction of sp³-hybridized carbons (Fsp3) is 0.100. The number of rotatable bonds is 3. The second-order valence-corrected chi connectivity index (χ2v) is 3.89. The second-order valence-electron chi connectivity index (χ2n) is 3.05. The van der Waals surface area contributed by atoms with Gasteiger partial charge in [-0.3, -0.25) is 0 Å². The normalized spacial score (nSPS) is 10.1. The van der Waals surface area contributed by atoms with Gasteiger partial charge in [0, 0.05) is 16.6 Å². The molecule has 16 heavy (non-hydrogen) atoms. The van der Waals surface area contributed by atoms with E-state index in [2.05, 4.69) is 20.3 Å². The average Bonchev–Trinajstić information content (AvgIpc) is 2.29. The number of halogens is 2. The third kappa shape index (κ3) is 2.81. The number of nitrogens with zero attached hydrogens (tertiary/aromatic N) is 3. The summed E-state index contributed by atoms with van der Waals surface area (Å²) in [5, 5.41) is 4.27. The van der Waals surface area contributed by atoms with Gasteiger partial charge >= 0.3 is 0 Å². The molecule has 6 heteroatoms. The molecule has 0 atom stereocenters. The van der Waals surface area contributed by atoms with Crippen LogP contribution < -0.4 is 5.32 Å². The summed E-state index contributed by atoms with van der Waals surface area (Å²) in [5.41, 5.74) is 0.937. The number of hydrogen-bond acceptors (Lipinski definition) is 4. The highest BCUT2D eigenvalue weighted by atomic mass is 35.5. The molecular weight excluding hydrogens is 247 g/mol. The zero-order valence-electron chi connectivity index (χ0n) is 8.19. The molecule has 0 unspecified atom stereocenters. The van der Waals surface area contributed by atoms with Crippen molar-refractivity contribution in [2.45, 2.75) is 6.54 Å². The zero-order valence-corrected chi connectivity index (χ0v) is 9.70. The number of hydrogen-bond donors (Lipinski definition) is 1. The predicted molar refractivity (Wildman–Crippen MR) is 63.6 cm³/mol. The van der Waals surface area contributed by atoms with Crippen LogP contribution in [-0.4, -0.2) is 15.0 Å². The molecule has 82 valence electrons. The summed E-state index contributed by atoms with van der Waals surface area (Å²) in [5.74, 6) is 0.515. The summed E-state index contributed by atoms with van der Waals surface area (Å²) in [6.45, 7) is 0.542. The molecule has 0 saturated carbocycles. The van der Waals surface area contributed by atoms with Gasteiger partial charge in [-0.15, -0.1) is 0 Å². The van der Waals surface area contributed by atoms with Gasteiger partial charge in [-0.1, -0.05) is 29.3 Å². The average molecular weight is 255 g/mol. The summed E-state index contributed by atoms with van der Waals surface area (Å²) in [6.07, 6.45) is 2.86. The minimum atomic E-state index is 0.515. The van der Waals surface area contributed by atoms with E-state index < -0.39 is 0 Å². The van der Waals surface area contributed by atoms with Crippen LogP contribution in [-0.2, 0) is 6.54 Å². The molecule has 0 bridgehead atoms. The Kier molecular flexibility index (Phi) is 3.54. The van der Waals surface area contributed by atoms with Gasteiger partial charge in [0.2, 0.25) is 5.95 Å². The Hall–Kier alpha value is -1.39. The van der Waals surface area contributed by atoms with Crippen LogP contribution in [0, 0.1) is 0 Å². The molecule has 0 aliphatic rings. The van der Waals surface area contributed by atoms with Crippen molar-refractivity contribution in [1.82, 2.24) is 15.0 Å². The molecule has 0 saturated heterocycles. The van der Waals surface area contributed by atoms with Gasteiger partial charge in [0.15, 0.2) is 0 Å². The fourth-order valence-electron chi connectivity index (χ4n) is 1.17. The van der Waals surface area contributed by atoms with E-state index in [1.54, 1.807) is 12.1 Å². The molecule has 1 N–H and O–H groups in total. The number of aromatic nitrogens is 3. The Morgan fingerprint density at radius 2 is 1.88 bits per heavy atom. The largest absolute Gasteiger partial charge is 0.350 e. The molecule has 0 amide bonds. The van der Waals surface area contributed by atoms with Crippen molar-refractivity contribution in [2.75, 3.05) is 5.32 Å². The zero-order chi connectivity index (χ0) is 11.4. The maximum atomic E-state index is 6.02. The highest BCUT2D eigenvalue weighted by Gasteiger charge is 2.01. The van der Waals surface area contributed by atoms with Crippen LogP contribution in [0.3, 0.4) is 0 Å².